The minimum absolute atomic E-state index is 0. The first-order chi connectivity index (χ1) is 15.9. The maximum Gasteiger partial charge on any atom is 0.323 e. The Morgan fingerprint density at radius 3 is 2.21 bits per heavy atom. The van der Waals surface area contributed by atoms with E-state index < -0.39 is 11.6 Å². The van der Waals surface area contributed by atoms with E-state index >= 15 is 0 Å². The zero-order valence-corrected chi connectivity index (χ0v) is 18.8. The molecule has 1 aliphatic heterocycles. The summed E-state index contributed by atoms with van der Waals surface area (Å²) in [5.41, 5.74) is 0.569. The number of hydrogen-bond donors (Lipinski definition) is 1. The lowest BCUT2D eigenvalue weighted by Gasteiger charge is -2.38. The Bertz CT molecular complexity index is 967. The molecule has 1 saturated carbocycles. The van der Waals surface area contributed by atoms with Crippen molar-refractivity contribution in [3.05, 3.63) is 42.2 Å². The van der Waals surface area contributed by atoms with Gasteiger partial charge in [-0.1, -0.05) is 26.7 Å². The fourth-order valence-corrected chi connectivity index (χ4v) is 4.69. The van der Waals surface area contributed by atoms with Crippen LogP contribution in [0, 0.1) is 17.6 Å². The van der Waals surface area contributed by atoms with Crippen LogP contribution in [0.15, 0.2) is 30.6 Å². The van der Waals surface area contributed by atoms with E-state index in [0.29, 0.717) is 18.8 Å². The average Bonchev–Trinajstić information content (AvgIpc) is 2.83. The van der Waals surface area contributed by atoms with Crippen molar-refractivity contribution in [2.24, 2.45) is 5.92 Å². The first-order valence-electron chi connectivity index (χ1n) is 11.5. The van der Waals surface area contributed by atoms with E-state index in [2.05, 4.69) is 15.3 Å². The molecule has 2 aromatic rings. The molecule has 2 aliphatic rings. The molecule has 2 heterocycles. The van der Waals surface area contributed by atoms with Crippen molar-refractivity contribution < 1.29 is 18.4 Å². The molecular formula is C25H33F2N5O2. The molecule has 9 heteroatoms. The molecule has 3 amide bonds. The predicted octanol–water partition coefficient (Wildman–Crippen LogP) is 5.09. The van der Waals surface area contributed by atoms with Crippen molar-refractivity contribution >= 4 is 17.8 Å². The van der Waals surface area contributed by atoms with E-state index in [-0.39, 0.29) is 42.7 Å². The van der Waals surface area contributed by atoms with Crippen LogP contribution in [-0.4, -0.2) is 57.9 Å². The van der Waals surface area contributed by atoms with Gasteiger partial charge in [-0.25, -0.2) is 18.6 Å². The third-order valence-corrected chi connectivity index (χ3v) is 6.64. The van der Waals surface area contributed by atoms with Crippen LogP contribution in [-0.2, 0) is 4.79 Å². The number of aromatic nitrogens is 2. The molecule has 0 radical (unpaired) electrons. The van der Waals surface area contributed by atoms with Gasteiger partial charge in [0.1, 0.15) is 11.6 Å². The van der Waals surface area contributed by atoms with E-state index in [0.717, 1.165) is 44.6 Å². The number of urea groups is 1. The van der Waals surface area contributed by atoms with E-state index in [4.69, 9.17) is 0 Å². The van der Waals surface area contributed by atoms with E-state index in [1.165, 1.54) is 30.9 Å². The molecule has 184 valence electrons. The number of benzene rings is 1. The zero-order chi connectivity index (χ0) is 23.4. The molecule has 1 N–H and O–H groups in total. The van der Waals surface area contributed by atoms with Crippen molar-refractivity contribution in [1.29, 1.82) is 0 Å². The first-order valence-corrected chi connectivity index (χ1v) is 11.5. The molecular weight excluding hydrogens is 440 g/mol. The van der Waals surface area contributed by atoms with Crippen LogP contribution in [0.4, 0.5) is 19.4 Å². The number of amides is 3. The Hall–Kier alpha value is -3.10. The van der Waals surface area contributed by atoms with Crippen LogP contribution in [0.5, 0.6) is 0 Å². The fourth-order valence-electron chi connectivity index (χ4n) is 4.69. The van der Waals surface area contributed by atoms with Gasteiger partial charge in [0.15, 0.2) is 5.82 Å². The second-order valence-electron chi connectivity index (χ2n) is 8.88. The smallest absolute Gasteiger partial charge is 0.323 e. The maximum atomic E-state index is 13.4. The Kier molecular flexibility index (Phi) is 8.52. The highest BCUT2D eigenvalue weighted by Crippen LogP contribution is 2.27. The molecule has 0 atom stereocenters. The monoisotopic (exact) mass is 473 g/mol. The SMILES string of the molecule is C.CN(C(=O)Nc1cnc(-c2cc(F)cc(F)c2)cn1)C1CCN(C(=O)C2CCCCC2)CC1. The number of carbonyl (C=O) groups excluding carboxylic acids is 2. The van der Waals surface area contributed by atoms with Crippen molar-refractivity contribution in [3.63, 3.8) is 0 Å². The summed E-state index contributed by atoms with van der Waals surface area (Å²) in [5.74, 6) is -0.706. The van der Waals surface area contributed by atoms with Crippen LogP contribution in [0.3, 0.4) is 0 Å². The third kappa shape index (κ3) is 6.07. The highest BCUT2D eigenvalue weighted by Gasteiger charge is 2.31. The molecule has 4 rings (SSSR count). The summed E-state index contributed by atoms with van der Waals surface area (Å²) in [5, 5.41) is 2.71. The molecule has 0 unspecified atom stereocenters. The van der Waals surface area contributed by atoms with Gasteiger partial charge < -0.3 is 9.80 Å². The first kappa shape index (κ1) is 25.5. The second kappa shape index (κ2) is 11.4. The standard InChI is InChI=1S/C24H29F2N5O2.CH4/c1-30(20-7-9-31(10-8-20)23(32)16-5-3-2-4-6-16)24(33)29-22-15-27-21(14-28-22)17-11-18(25)13-19(26)12-17;/h11-16,20H,2-10H2,1H3,(H,28,29,33);1H4. The molecule has 1 aliphatic carbocycles. The summed E-state index contributed by atoms with van der Waals surface area (Å²) in [7, 11) is 1.73. The number of carbonyl (C=O) groups is 2. The number of nitrogens with zero attached hydrogens (tertiary/aromatic N) is 4. The molecule has 34 heavy (non-hydrogen) atoms. The highest BCUT2D eigenvalue weighted by atomic mass is 19.1. The van der Waals surface area contributed by atoms with E-state index in [1.807, 2.05) is 4.90 Å². The minimum Gasteiger partial charge on any atom is -0.342 e. The van der Waals surface area contributed by atoms with E-state index in [9.17, 15) is 18.4 Å². The van der Waals surface area contributed by atoms with Gasteiger partial charge in [0.25, 0.3) is 0 Å². The summed E-state index contributed by atoms with van der Waals surface area (Å²) < 4.78 is 26.8. The molecule has 1 saturated heterocycles. The highest BCUT2D eigenvalue weighted by molar-refractivity contribution is 5.88. The summed E-state index contributed by atoms with van der Waals surface area (Å²) in [6, 6.07) is 2.85. The topological polar surface area (TPSA) is 78.4 Å². The molecule has 7 nitrogen and oxygen atoms in total. The number of hydrogen-bond acceptors (Lipinski definition) is 4. The van der Waals surface area contributed by atoms with Crippen molar-refractivity contribution in [2.45, 2.75) is 58.4 Å². The van der Waals surface area contributed by atoms with Gasteiger partial charge >= 0.3 is 6.03 Å². The van der Waals surface area contributed by atoms with Gasteiger partial charge in [0.05, 0.1) is 18.1 Å². The van der Waals surface area contributed by atoms with Crippen LogP contribution in [0.2, 0.25) is 0 Å². The van der Waals surface area contributed by atoms with Gasteiger partial charge in [0, 0.05) is 43.7 Å². The van der Waals surface area contributed by atoms with Gasteiger partial charge in [-0.3, -0.25) is 15.1 Å². The lowest BCUT2D eigenvalue weighted by atomic mass is 9.87. The number of piperidine rings is 1. The summed E-state index contributed by atoms with van der Waals surface area (Å²) in [4.78, 5) is 37.3. The molecule has 0 bridgehead atoms. The van der Waals surface area contributed by atoms with Crippen molar-refractivity contribution in [3.8, 4) is 11.3 Å². The molecule has 2 fully saturated rings. The summed E-state index contributed by atoms with van der Waals surface area (Å²) >= 11 is 0. The second-order valence-corrected chi connectivity index (χ2v) is 8.88. The molecule has 1 aromatic heterocycles. The van der Waals surface area contributed by atoms with Gasteiger partial charge in [-0.05, 0) is 37.8 Å². The Morgan fingerprint density at radius 1 is 0.971 bits per heavy atom. The van der Waals surface area contributed by atoms with Crippen molar-refractivity contribution in [1.82, 2.24) is 19.8 Å². The number of halogens is 2. The van der Waals surface area contributed by atoms with Crippen LogP contribution >= 0.6 is 0 Å². The maximum absolute atomic E-state index is 13.4. The number of likely N-dealkylation sites (tertiary alicyclic amines) is 1. The normalized spacial score (nSPS) is 17.1. The van der Waals surface area contributed by atoms with Crippen LogP contribution in [0.1, 0.15) is 52.4 Å². The molecule has 1 aromatic carbocycles. The summed E-state index contributed by atoms with van der Waals surface area (Å²) in [6.07, 6.45) is 9.68. The number of anilines is 1. The molecule has 0 spiro atoms. The lowest BCUT2D eigenvalue weighted by Crippen LogP contribution is -2.49. The number of nitrogens with one attached hydrogen (secondary N) is 1. The zero-order valence-electron chi connectivity index (χ0n) is 18.8. The average molecular weight is 474 g/mol. The Morgan fingerprint density at radius 2 is 1.62 bits per heavy atom. The third-order valence-electron chi connectivity index (χ3n) is 6.64. The van der Waals surface area contributed by atoms with Gasteiger partial charge in [0.2, 0.25) is 5.91 Å². The van der Waals surface area contributed by atoms with Gasteiger partial charge in [-0.15, -0.1) is 0 Å². The van der Waals surface area contributed by atoms with Crippen molar-refractivity contribution in [2.75, 3.05) is 25.5 Å². The Balaban J connectivity index is 0.00000324. The largest absolute Gasteiger partial charge is 0.342 e. The lowest BCUT2D eigenvalue weighted by molar-refractivity contribution is -0.137. The quantitative estimate of drug-likeness (QED) is 0.671. The predicted molar refractivity (Wildman–Crippen MR) is 127 cm³/mol. The van der Waals surface area contributed by atoms with Crippen LogP contribution < -0.4 is 5.32 Å². The summed E-state index contributed by atoms with van der Waals surface area (Å²) in [6.45, 7) is 1.33. The van der Waals surface area contributed by atoms with E-state index in [1.54, 1.807) is 11.9 Å². The number of rotatable bonds is 4. The van der Waals surface area contributed by atoms with Crippen LogP contribution in [0.25, 0.3) is 11.3 Å². The Labute approximate surface area is 199 Å². The fraction of sp³-hybridized carbons (Fsp3) is 0.520. The minimum atomic E-state index is -0.697. The van der Waals surface area contributed by atoms with Gasteiger partial charge in [-0.2, -0.15) is 0 Å².